The average Bonchev–Trinajstić information content (AvgIpc) is 3.90. The Bertz CT molecular complexity index is 2310. The van der Waals surface area contributed by atoms with Crippen molar-refractivity contribution in [2.45, 2.75) is 62.7 Å². The average molecular weight is 742 g/mol. The predicted molar refractivity (Wildman–Crippen MR) is 202 cm³/mol. The van der Waals surface area contributed by atoms with Gasteiger partial charge in [-0.15, -0.1) is 10.2 Å². The minimum absolute atomic E-state index is 0.0612. The highest BCUT2D eigenvalue weighted by Gasteiger charge is 2.55. The number of imide groups is 1. The highest BCUT2D eigenvalue weighted by Crippen LogP contribution is 2.59. The molecule has 5 aromatic heterocycles. The van der Waals surface area contributed by atoms with Crippen molar-refractivity contribution < 1.29 is 14.4 Å². The summed E-state index contributed by atoms with van der Waals surface area (Å²) in [6.07, 6.45) is 11.3. The molecule has 2 bridgehead atoms. The Labute approximate surface area is 315 Å². The Morgan fingerprint density at radius 3 is 2.46 bits per heavy atom. The van der Waals surface area contributed by atoms with Gasteiger partial charge >= 0.3 is 0 Å². The standard InChI is InChI=1S/C39H39N11O3S/c1-41-29-19-30(31-5-3-26-18-24(20-40)21-44-50(26)31)42-23-28(29)35-46-47-36(54-35)38-8-11-39(12-9-38,13-10-38)37(53)49-16-14-48(15-17-49)32-6-2-25(22-43-32)27-4-7-33(51)45-34(27)52/h2-3,5-6,18-19,21-23,27H,4,7-17H2,1H3,(H,41,42)(H,45,51,52)/t27-,38?,39?/m1/s1. The highest BCUT2D eigenvalue weighted by molar-refractivity contribution is 7.14. The molecule has 54 heavy (non-hydrogen) atoms. The molecule has 0 spiro atoms. The normalized spacial score (nSPS) is 24.0. The number of rotatable bonds is 7. The lowest BCUT2D eigenvalue weighted by Crippen LogP contribution is -2.57. The summed E-state index contributed by atoms with van der Waals surface area (Å²) in [5, 5.41) is 30.7. The molecule has 3 saturated carbocycles. The Hall–Kier alpha value is -5.75. The highest BCUT2D eigenvalue weighted by atomic mass is 32.1. The molecule has 274 valence electrons. The molecule has 0 aromatic carbocycles. The van der Waals surface area contributed by atoms with Crippen LogP contribution in [0.25, 0.3) is 27.5 Å². The summed E-state index contributed by atoms with van der Waals surface area (Å²) in [7, 11) is 1.88. The molecule has 2 saturated heterocycles. The van der Waals surface area contributed by atoms with E-state index in [4.69, 9.17) is 10.1 Å². The largest absolute Gasteiger partial charge is 0.387 e. The zero-order chi connectivity index (χ0) is 37.0. The van der Waals surface area contributed by atoms with Crippen molar-refractivity contribution in [3.05, 3.63) is 71.1 Å². The molecular formula is C39H39N11O3S. The molecule has 10 rings (SSSR count). The van der Waals surface area contributed by atoms with Crippen LogP contribution in [-0.2, 0) is 19.8 Å². The lowest BCUT2D eigenvalue weighted by Gasteiger charge is -2.53. The van der Waals surface area contributed by atoms with E-state index in [0.29, 0.717) is 44.6 Å². The number of nitrogens with one attached hydrogen (secondary N) is 2. The number of nitriles is 1. The molecule has 3 aliphatic carbocycles. The molecule has 14 nitrogen and oxygen atoms in total. The number of pyridine rings is 2. The van der Waals surface area contributed by atoms with E-state index < -0.39 is 0 Å². The van der Waals surface area contributed by atoms with Gasteiger partial charge in [0.05, 0.1) is 40.1 Å². The van der Waals surface area contributed by atoms with Gasteiger partial charge in [0.25, 0.3) is 0 Å². The SMILES string of the molecule is CNc1cc(-c2ccc3cc(C#N)cnn23)ncc1-c1nnc(C23CCC(C(=O)N4CCN(c5ccc([C@H]6CCC(=O)NC6=O)cn5)CC4)(CC2)CC3)s1. The molecule has 0 unspecified atom stereocenters. The number of fused-ring (bicyclic) bond motifs is 4. The Morgan fingerprint density at radius 1 is 0.963 bits per heavy atom. The topological polar surface area (TPSA) is 174 Å². The maximum absolute atomic E-state index is 14.1. The molecule has 5 fully saturated rings. The van der Waals surface area contributed by atoms with Crippen LogP contribution in [0.5, 0.6) is 0 Å². The first-order valence-corrected chi connectivity index (χ1v) is 19.3. The molecule has 5 aromatic rings. The number of amides is 3. The van der Waals surface area contributed by atoms with Crippen LogP contribution in [0.2, 0.25) is 0 Å². The van der Waals surface area contributed by atoms with Gasteiger partial charge in [-0.25, -0.2) is 9.50 Å². The number of hydrogen-bond acceptors (Lipinski definition) is 12. The van der Waals surface area contributed by atoms with Crippen LogP contribution in [0.3, 0.4) is 0 Å². The van der Waals surface area contributed by atoms with Crippen LogP contribution in [0.15, 0.2) is 55.0 Å². The van der Waals surface area contributed by atoms with Crippen LogP contribution >= 0.6 is 11.3 Å². The number of nitrogens with zero attached hydrogens (tertiary/aromatic N) is 9. The third-order valence-corrected chi connectivity index (χ3v) is 13.4. The lowest BCUT2D eigenvalue weighted by molar-refractivity contribution is -0.149. The van der Waals surface area contributed by atoms with E-state index in [0.717, 1.165) is 88.1 Å². The van der Waals surface area contributed by atoms with Crippen LogP contribution in [0.1, 0.15) is 73.4 Å². The van der Waals surface area contributed by atoms with E-state index in [1.807, 2.05) is 43.6 Å². The smallest absolute Gasteiger partial charge is 0.234 e. The van der Waals surface area contributed by atoms with E-state index in [1.165, 1.54) is 0 Å². The van der Waals surface area contributed by atoms with Crippen LogP contribution in [0, 0.1) is 16.7 Å². The van der Waals surface area contributed by atoms with Gasteiger partial charge in [0, 0.05) is 68.6 Å². The number of anilines is 2. The Morgan fingerprint density at radius 2 is 1.76 bits per heavy atom. The summed E-state index contributed by atoms with van der Waals surface area (Å²) in [5.74, 6) is 0.291. The van der Waals surface area contributed by atoms with Gasteiger partial charge in [0.15, 0.2) is 5.01 Å². The quantitative estimate of drug-likeness (QED) is 0.222. The van der Waals surface area contributed by atoms with Crippen molar-refractivity contribution in [1.29, 1.82) is 5.26 Å². The molecule has 1 atom stereocenters. The molecule has 0 radical (unpaired) electrons. The molecule has 2 N–H and O–H groups in total. The van der Waals surface area contributed by atoms with E-state index >= 15 is 0 Å². The van der Waals surface area contributed by atoms with Gasteiger partial charge in [-0.3, -0.25) is 24.7 Å². The van der Waals surface area contributed by atoms with E-state index in [9.17, 15) is 19.6 Å². The minimum atomic E-state index is -0.352. The van der Waals surface area contributed by atoms with Crippen molar-refractivity contribution >= 4 is 46.1 Å². The van der Waals surface area contributed by atoms with Crippen molar-refractivity contribution in [2.24, 2.45) is 5.41 Å². The van der Waals surface area contributed by atoms with Crippen LogP contribution < -0.4 is 15.5 Å². The predicted octanol–water partition coefficient (Wildman–Crippen LogP) is 4.68. The second-order valence-electron chi connectivity index (χ2n) is 15.0. The maximum Gasteiger partial charge on any atom is 0.234 e. The Kier molecular flexibility index (Phi) is 8.37. The molecule has 2 aliphatic heterocycles. The number of piperidine rings is 1. The Balaban J connectivity index is 0.836. The number of carbonyl (C=O) groups excluding carboxylic acids is 3. The van der Waals surface area contributed by atoms with Gasteiger partial charge in [0.1, 0.15) is 16.9 Å². The number of hydrogen-bond donors (Lipinski definition) is 2. The van der Waals surface area contributed by atoms with Gasteiger partial charge in [-0.2, -0.15) is 10.4 Å². The summed E-state index contributed by atoms with van der Waals surface area (Å²) in [5.41, 5.74) is 5.14. The first-order chi connectivity index (χ1) is 26.3. The van der Waals surface area contributed by atoms with E-state index in [-0.39, 0.29) is 34.5 Å². The fraction of sp³-hybridized carbons (Fsp3) is 0.410. The molecule has 7 heterocycles. The zero-order valence-corrected chi connectivity index (χ0v) is 30.7. The summed E-state index contributed by atoms with van der Waals surface area (Å²) in [4.78, 5) is 51.7. The van der Waals surface area contributed by atoms with Crippen molar-refractivity contribution in [3.63, 3.8) is 0 Å². The molecular weight excluding hydrogens is 703 g/mol. The summed E-state index contributed by atoms with van der Waals surface area (Å²) in [6.45, 7) is 2.72. The maximum atomic E-state index is 14.1. The summed E-state index contributed by atoms with van der Waals surface area (Å²) < 4.78 is 1.78. The zero-order valence-electron chi connectivity index (χ0n) is 29.9. The summed E-state index contributed by atoms with van der Waals surface area (Å²) >= 11 is 1.63. The third-order valence-electron chi connectivity index (χ3n) is 12.2. The first kappa shape index (κ1) is 34.0. The molecule has 5 aliphatic rings. The third kappa shape index (κ3) is 5.76. The van der Waals surface area contributed by atoms with Crippen LogP contribution in [-0.4, -0.2) is 85.6 Å². The lowest BCUT2D eigenvalue weighted by atomic mass is 9.53. The second-order valence-corrected chi connectivity index (χ2v) is 16.0. The van der Waals surface area contributed by atoms with Crippen molar-refractivity contribution in [2.75, 3.05) is 43.4 Å². The molecule has 15 heteroatoms. The minimum Gasteiger partial charge on any atom is -0.387 e. The van der Waals surface area contributed by atoms with Crippen molar-refractivity contribution in [1.82, 2.24) is 40.0 Å². The monoisotopic (exact) mass is 741 g/mol. The number of carbonyl (C=O) groups is 3. The van der Waals surface area contributed by atoms with Gasteiger partial charge in [-0.05, 0) is 80.8 Å². The van der Waals surface area contributed by atoms with E-state index in [2.05, 4.69) is 41.7 Å². The summed E-state index contributed by atoms with van der Waals surface area (Å²) in [6, 6.07) is 13.7. The van der Waals surface area contributed by atoms with Gasteiger partial charge < -0.3 is 15.1 Å². The fourth-order valence-electron chi connectivity index (χ4n) is 8.88. The molecule has 3 amide bonds. The van der Waals surface area contributed by atoms with Crippen molar-refractivity contribution in [3.8, 4) is 28.0 Å². The fourth-order valence-corrected chi connectivity index (χ4v) is 10.0. The van der Waals surface area contributed by atoms with E-state index in [1.54, 1.807) is 34.3 Å². The van der Waals surface area contributed by atoms with Crippen LogP contribution in [0.4, 0.5) is 11.5 Å². The second kappa shape index (κ2) is 13.3. The number of piperazine rings is 1. The first-order valence-electron chi connectivity index (χ1n) is 18.5. The number of aromatic nitrogens is 6. The van der Waals surface area contributed by atoms with Gasteiger partial charge in [0.2, 0.25) is 17.7 Å². The van der Waals surface area contributed by atoms with Gasteiger partial charge in [-0.1, -0.05) is 17.4 Å².